The van der Waals surface area contributed by atoms with Crippen molar-refractivity contribution in [2.45, 2.75) is 12.8 Å². The molecule has 1 aromatic heterocycles. The van der Waals surface area contributed by atoms with Crippen LogP contribution in [0.3, 0.4) is 0 Å². The van der Waals surface area contributed by atoms with Crippen LogP contribution in [-0.2, 0) is 6.42 Å². The average molecular weight is 228 g/mol. The van der Waals surface area contributed by atoms with Gasteiger partial charge in [-0.05, 0) is 42.2 Å². The molecule has 2 aromatic rings. The van der Waals surface area contributed by atoms with Gasteiger partial charge in [0.2, 0.25) is 0 Å². The van der Waals surface area contributed by atoms with Crippen molar-refractivity contribution in [1.82, 2.24) is 0 Å². The van der Waals surface area contributed by atoms with E-state index in [1.165, 1.54) is 11.8 Å². The second-order valence-electron chi connectivity index (χ2n) is 4.09. The molecule has 0 radical (unpaired) electrons. The van der Waals surface area contributed by atoms with Crippen LogP contribution in [0.2, 0.25) is 0 Å². The van der Waals surface area contributed by atoms with Gasteiger partial charge >= 0.3 is 0 Å². The molecular weight excluding hydrogens is 216 g/mol. The number of hydrogen-bond donors (Lipinski definition) is 0. The van der Waals surface area contributed by atoms with Gasteiger partial charge in [0, 0.05) is 5.56 Å². The minimum atomic E-state index is 0.377. The summed E-state index contributed by atoms with van der Waals surface area (Å²) in [5.41, 5.74) is 3.05. The van der Waals surface area contributed by atoms with Crippen molar-refractivity contribution in [3.8, 4) is 16.9 Å². The zero-order valence-electron chi connectivity index (χ0n) is 9.31. The maximum Gasteiger partial charge on any atom is 0.185 e. The molecule has 3 rings (SSSR count). The second kappa shape index (κ2) is 4.09. The van der Waals surface area contributed by atoms with Gasteiger partial charge < -0.3 is 9.15 Å². The van der Waals surface area contributed by atoms with E-state index in [0.29, 0.717) is 5.76 Å². The van der Waals surface area contributed by atoms with Crippen molar-refractivity contribution in [1.29, 1.82) is 0 Å². The Labute approximate surface area is 99.0 Å². The number of fused-ring (bicyclic) bond motifs is 1. The lowest BCUT2D eigenvalue weighted by molar-refractivity contribution is 0.110. The minimum absolute atomic E-state index is 0.377. The number of benzene rings is 1. The van der Waals surface area contributed by atoms with E-state index in [9.17, 15) is 4.79 Å². The molecule has 86 valence electrons. The Morgan fingerprint density at radius 2 is 2.18 bits per heavy atom. The molecule has 1 aromatic carbocycles. The maximum absolute atomic E-state index is 10.8. The van der Waals surface area contributed by atoms with Crippen LogP contribution in [0, 0.1) is 0 Å². The third-order valence-corrected chi connectivity index (χ3v) is 3.02. The maximum atomic E-state index is 10.8. The quantitative estimate of drug-likeness (QED) is 0.741. The molecule has 0 atom stereocenters. The first-order chi connectivity index (χ1) is 8.38. The van der Waals surface area contributed by atoms with Gasteiger partial charge in [0.1, 0.15) is 5.75 Å². The summed E-state index contributed by atoms with van der Waals surface area (Å²) in [7, 11) is 0. The Balaban J connectivity index is 2.07. The molecule has 0 aliphatic carbocycles. The molecule has 0 saturated heterocycles. The van der Waals surface area contributed by atoms with E-state index in [0.717, 1.165) is 42.6 Å². The summed E-state index contributed by atoms with van der Waals surface area (Å²) >= 11 is 0. The monoisotopic (exact) mass is 228 g/mol. The molecule has 17 heavy (non-hydrogen) atoms. The molecule has 2 heterocycles. The molecule has 0 N–H and O–H groups in total. The van der Waals surface area contributed by atoms with Crippen LogP contribution in [0.4, 0.5) is 0 Å². The minimum Gasteiger partial charge on any atom is -0.493 e. The third kappa shape index (κ3) is 1.73. The van der Waals surface area contributed by atoms with Crippen LogP contribution in [0.1, 0.15) is 22.5 Å². The number of aryl methyl sites for hydroxylation is 1. The number of hydrogen-bond acceptors (Lipinski definition) is 3. The van der Waals surface area contributed by atoms with Crippen LogP contribution in [-0.4, -0.2) is 12.9 Å². The highest BCUT2D eigenvalue weighted by Crippen LogP contribution is 2.31. The van der Waals surface area contributed by atoms with E-state index in [2.05, 4.69) is 6.07 Å². The van der Waals surface area contributed by atoms with Crippen LogP contribution in [0.25, 0.3) is 11.1 Å². The lowest BCUT2D eigenvalue weighted by atomic mass is 9.99. The van der Waals surface area contributed by atoms with E-state index in [4.69, 9.17) is 9.15 Å². The number of furan rings is 1. The molecule has 3 nitrogen and oxygen atoms in total. The molecule has 1 aliphatic heterocycles. The van der Waals surface area contributed by atoms with Gasteiger partial charge in [0.05, 0.1) is 12.9 Å². The van der Waals surface area contributed by atoms with Crippen molar-refractivity contribution in [3.63, 3.8) is 0 Å². The number of rotatable bonds is 2. The molecule has 0 saturated carbocycles. The Bertz CT molecular complexity index is 554. The molecular formula is C14H12O3. The lowest BCUT2D eigenvalue weighted by Crippen LogP contribution is -2.08. The largest absolute Gasteiger partial charge is 0.493 e. The lowest BCUT2D eigenvalue weighted by Gasteiger charge is -2.17. The predicted molar refractivity (Wildman–Crippen MR) is 63.3 cm³/mol. The molecule has 0 amide bonds. The fraction of sp³-hybridized carbons (Fsp3) is 0.214. The highest BCUT2D eigenvalue weighted by molar-refractivity contribution is 5.84. The highest BCUT2D eigenvalue weighted by Gasteiger charge is 2.13. The third-order valence-electron chi connectivity index (χ3n) is 3.02. The van der Waals surface area contributed by atoms with Crippen LogP contribution >= 0.6 is 0 Å². The SMILES string of the molecule is O=Cc1occc1-c1ccc2c(c1)CCCO2. The van der Waals surface area contributed by atoms with Gasteiger partial charge in [-0.25, -0.2) is 0 Å². The fourth-order valence-corrected chi connectivity index (χ4v) is 2.18. The summed E-state index contributed by atoms with van der Waals surface area (Å²) in [6.45, 7) is 0.789. The summed E-state index contributed by atoms with van der Waals surface area (Å²) in [5, 5.41) is 0. The standard InChI is InChI=1S/C14H12O3/c15-9-14-12(5-7-17-14)10-3-4-13-11(8-10)2-1-6-16-13/h3-5,7-9H,1-2,6H2. The van der Waals surface area contributed by atoms with Crippen molar-refractivity contribution >= 4 is 6.29 Å². The number of carbonyl (C=O) groups excluding carboxylic acids is 1. The summed E-state index contributed by atoms with van der Waals surface area (Å²) in [6, 6.07) is 7.81. The Morgan fingerprint density at radius 1 is 1.24 bits per heavy atom. The van der Waals surface area contributed by atoms with Gasteiger partial charge in [0.25, 0.3) is 0 Å². The first-order valence-corrected chi connectivity index (χ1v) is 5.67. The van der Waals surface area contributed by atoms with Crippen molar-refractivity contribution in [2.75, 3.05) is 6.61 Å². The normalized spacial score (nSPS) is 13.9. The van der Waals surface area contributed by atoms with Gasteiger partial charge in [-0.15, -0.1) is 0 Å². The van der Waals surface area contributed by atoms with E-state index >= 15 is 0 Å². The first kappa shape index (κ1) is 10.1. The number of ether oxygens (including phenoxy) is 1. The van der Waals surface area contributed by atoms with Gasteiger partial charge in [-0.3, -0.25) is 4.79 Å². The van der Waals surface area contributed by atoms with Gasteiger partial charge in [0.15, 0.2) is 12.0 Å². The van der Waals surface area contributed by atoms with Crippen molar-refractivity contribution in [3.05, 3.63) is 41.9 Å². The fourth-order valence-electron chi connectivity index (χ4n) is 2.18. The second-order valence-corrected chi connectivity index (χ2v) is 4.09. The molecule has 0 bridgehead atoms. The van der Waals surface area contributed by atoms with Crippen LogP contribution in [0.5, 0.6) is 5.75 Å². The van der Waals surface area contributed by atoms with Crippen molar-refractivity contribution in [2.24, 2.45) is 0 Å². The Kier molecular flexibility index (Phi) is 2.44. The topological polar surface area (TPSA) is 39.4 Å². The van der Waals surface area contributed by atoms with Gasteiger partial charge in [-0.1, -0.05) is 6.07 Å². The van der Waals surface area contributed by atoms with E-state index < -0.39 is 0 Å². The molecule has 3 heteroatoms. The van der Waals surface area contributed by atoms with Crippen LogP contribution in [0.15, 0.2) is 34.9 Å². The van der Waals surface area contributed by atoms with E-state index in [1.54, 1.807) is 0 Å². The number of carbonyl (C=O) groups is 1. The zero-order valence-corrected chi connectivity index (χ0v) is 9.31. The van der Waals surface area contributed by atoms with Gasteiger partial charge in [-0.2, -0.15) is 0 Å². The summed E-state index contributed by atoms with van der Waals surface area (Å²) < 4.78 is 10.7. The zero-order chi connectivity index (χ0) is 11.7. The van der Waals surface area contributed by atoms with E-state index in [1.807, 2.05) is 18.2 Å². The first-order valence-electron chi connectivity index (χ1n) is 5.67. The molecule has 0 spiro atoms. The number of aldehydes is 1. The smallest absolute Gasteiger partial charge is 0.185 e. The van der Waals surface area contributed by atoms with Crippen molar-refractivity contribution < 1.29 is 13.9 Å². The van der Waals surface area contributed by atoms with Crippen LogP contribution < -0.4 is 4.74 Å². The molecule has 1 aliphatic rings. The summed E-state index contributed by atoms with van der Waals surface area (Å²) in [5.74, 6) is 1.33. The highest BCUT2D eigenvalue weighted by atomic mass is 16.5. The predicted octanol–water partition coefficient (Wildman–Crippen LogP) is 3.08. The molecule has 0 fully saturated rings. The Hall–Kier alpha value is -2.03. The average Bonchev–Trinajstić information content (AvgIpc) is 2.86. The van der Waals surface area contributed by atoms with E-state index in [-0.39, 0.29) is 0 Å². The summed E-state index contributed by atoms with van der Waals surface area (Å²) in [6.07, 6.45) is 4.35. The summed E-state index contributed by atoms with van der Waals surface area (Å²) in [4.78, 5) is 10.8. The molecule has 0 unspecified atom stereocenters. The Morgan fingerprint density at radius 3 is 3.06 bits per heavy atom.